The van der Waals surface area contributed by atoms with Gasteiger partial charge in [0, 0.05) is 11.6 Å². The van der Waals surface area contributed by atoms with Crippen molar-refractivity contribution in [3.05, 3.63) is 39.7 Å². The van der Waals surface area contributed by atoms with Crippen LogP contribution >= 0.6 is 0 Å². The van der Waals surface area contributed by atoms with Crippen LogP contribution in [0.2, 0.25) is 0 Å². The van der Waals surface area contributed by atoms with Gasteiger partial charge in [0.05, 0.1) is 4.92 Å². The molecule has 0 radical (unpaired) electrons. The fourth-order valence-electron chi connectivity index (χ4n) is 2.65. The second-order valence-electron chi connectivity index (χ2n) is 5.14. The summed E-state index contributed by atoms with van der Waals surface area (Å²) >= 11 is 0. The lowest BCUT2D eigenvalue weighted by Gasteiger charge is -2.33. The molecular weight excluding hydrogens is 235 g/mol. The number of nitrogens with zero attached hydrogens (tertiary/aromatic N) is 1. The van der Waals surface area contributed by atoms with Crippen LogP contribution in [0, 0.1) is 15.9 Å². The molecule has 0 heterocycles. The van der Waals surface area contributed by atoms with E-state index in [1.807, 2.05) is 0 Å². The fraction of sp³-hybridized carbons (Fsp3) is 0.538. The molecule has 1 aromatic rings. The summed E-state index contributed by atoms with van der Waals surface area (Å²) in [7, 11) is 0. The monoisotopic (exact) mass is 252 g/mol. The third kappa shape index (κ3) is 2.85. The minimum atomic E-state index is -0.781. The minimum Gasteiger partial charge on any atom is -0.325 e. The largest absolute Gasteiger partial charge is 0.325 e. The number of hydrogen-bond acceptors (Lipinski definition) is 3. The van der Waals surface area contributed by atoms with E-state index in [9.17, 15) is 14.5 Å². The number of rotatable bonds is 3. The Bertz CT molecular complexity index is 456. The first-order chi connectivity index (χ1) is 8.50. The summed E-state index contributed by atoms with van der Waals surface area (Å²) in [6, 6.07) is 4.06. The molecule has 2 N–H and O–H groups in total. The molecule has 4 nitrogen and oxygen atoms in total. The summed E-state index contributed by atoms with van der Waals surface area (Å²) < 4.78 is 13.5. The van der Waals surface area contributed by atoms with Crippen LogP contribution in [0.4, 0.5) is 10.1 Å². The molecule has 1 aliphatic carbocycles. The molecular formula is C13H17FN2O2. The van der Waals surface area contributed by atoms with Gasteiger partial charge in [0.15, 0.2) is 0 Å². The first kappa shape index (κ1) is 13.0. The SMILES string of the molecule is NC1(Cc2ccc([N+](=O)[O-])c(F)c2)CCCCC1. The van der Waals surface area contributed by atoms with Gasteiger partial charge in [-0.25, -0.2) is 0 Å². The number of benzene rings is 1. The van der Waals surface area contributed by atoms with Crippen LogP contribution in [0.5, 0.6) is 0 Å². The minimum absolute atomic E-state index is 0.277. The summed E-state index contributed by atoms with van der Waals surface area (Å²) in [5.41, 5.74) is 6.27. The highest BCUT2D eigenvalue weighted by atomic mass is 19.1. The van der Waals surface area contributed by atoms with E-state index in [-0.39, 0.29) is 5.54 Å². The zero-order valence-electron chi connectivity index (χ0n) is 10.2. The van der Waals surface area contributed by atoms with E-state index >= 15 is 0 Å². The maximum atomic E-state index is 13.5. The summed E-state index contributed by atoms with van der Waals surface area (Å²) in [6.45, 7) is 0. The highest BCUT2D eigenvalue weighted by molar-refractivity contribution is 5.35. The van der Waals surface area contributed by atoms with Gasteiger partial charge < -0.3 is 5.73 Å². The molecule has 0 saturated heterocycles. The van der Waals surface area contributed by atoms with E-state index in [1.165, 1.54) is 18.6 Å². The molecule has 98 valence electrons. The normalized spacial score (nSPS) is 18.6. The van der Waals surface area contributed by atoms with Crippen molar-refractivity contribution in [2.75, 3.05) is 0 Å². The van der Waals surface area contributed by atoms with Gasteiger partial charge in [0.25, 0.3) is 0 Å². The smallest absolute Gasteiger partial charge is 0.304 e. The third-order valence-electron chi connectivity index (χ3n) is 3.61. The van der Waals surface area contributed by atoms with Gasteiger partial charge in [-0.3, -0.25) is 10.1 Å². The Labute approximate surface area is 105 Å². The number of nitrogens with two attached hydrogens (primary N) is 1. The van der Waals surface area contributed by atoms with Crippen LogP contribution in [0.25, 0.3) is 0 Å². The average Bonchev–Trinajstić information content (AvgIpc) is 2.28. The zero-order valence-corrected chi connectivity index (χ0v) is 10.2. The summed E-state index contributed by atoms with van der Waals surface area (Å²) in [4.78, 5) is 9.82. The topological polar surface area (TPSA) is 69.2 Å². The molecule has 1 saturated carbocycles. The lowest BCUT2D eigenvalue weighted by Crippen LogP contribution is -2.43. The predicted molar refractivity (Wildman–Crippen MR) is 66.8 cm³/mol. The lowest BCUT2D eigenvalue weighted by molar-refractivity contribution is -0.387. The standard InChI is InChI=1S/C13H17FN2O2/c14-11-8-10(4-5-12(11)16(17)18)9-13(15)6-2-1-3-7-13/h4-5,8H,1-3,6-7,9,15H2. The van der Waals surface area contributed by atoms with Crippen molar-refractivity contribution < 1.29 is 9.31 Å². The second-order valence-corrected chi connectivity index (χ2v) is 5.14. The maximum absolute atomic E-state index is 13.5. The molecule has 0 aliphatic heterocycles. The van der Waals surface area contributed by atoms with Crippen LogP contribution in [0.3, 0.4) is 0 Å². The molecule has 0 amide bonds. The van der Waals surface area contributed by atoms with E-state index in [0.717, 1.165) is 31.2 Å². The third-order valence-corrected chi connectivity index (χ3v) is 3.61. The van der Waals surface area contributed by atoms with Crippen LogP contribution in [-0.4, -0.2) is 10.5 Å². The molecule has 0 atom stereocenters. The van der Waals surface area contributed by atoms with Crippen LogP contribution < -0.4 is 5.73 Å². The van der Waals surface area contributed by atoms with E-state index in [0.29, 0.717) is 6.42 Å². The average molecular weight is 252 g/mol. The molecule has 0 aromatic heterocycles. The number of halogens is 1. The predicted octanol–water partition coefficient (Wildman–Crippen LogP) is 2.94. The molecule has 5 heteroatoms. The molecule has 0 unspecified atom stereocenters. The van der Waals surface area contributed by atoms with E-state index in [2.05, 4.69) is 0 Å². The Kier molecular flexibility index (Phi) is 3.61. The molecule has 1 fully saturated rings. The van der Waals surface area contributed by atoms with Crippen LogP contribution in [0.1, 0.15) is 37.7 Å². The van der Waals surface area contributed by atoms with Crippen molar-refractivity contribution in [2.45, 2.75) is 44.1 Å². The van der Waals surface area contributed by atoms with Crippen molar-refractivity contribution >= 4 is 5.69 Å². The van der Waals surface area contributed by atoms with Crippen molar-refractivity contribution in [3.8, 4) is 0 Å². The highest BCUT2D eigenvalue weighted by Crippen LogP contribution is 2.30. The Morgan fingerprint density at radius 2 is 2.00 bits per heavy atom. The van der Waals surface area contributed by atoms with Crippen LogP contribution in [-0.2, 0) is 6.42 Å². The van der Waals surface area contributed by atoms with E-state index < -0.39 is 16.4 Å². The summed E-state index contributed by atoms with van der Waals surface area (Å²) in [5, 5.41) is 10.5. The molecule has 1 aromatic carbocycles. The van der Waals surface area contributed by atoms with E-state index in [4.69, 9.17) is 5.73 Å². The zero-order chi connectivity index (χ0) is 13.2. The van der Waals surface area contributed by atoms with Gasteiger partial charge >= 0.3 is 5.69 Å². The Morgan fingerprint density at radius 1 is 1.33 bits per heavy atom. The van der Waals surface area contributed by atoms with Gasteiger partial charge in [-0.05, 0) is 30.9 Å². The van der Waals surface area contributed by atoms with Crippen LogP contribution in [0.15, 0.2) is 18.2 Å². The van der Waals surface area contributed by atoms with Crippen molar-refractivity contribution in [1.82, 2.24) is 0 Å². The Hall–Kier alpha value is -1.49. The first-order valence-electron chi connectivity index (χ1n) is 6.22. The highest BCUT2D eigenvalue weighted by Gasteiger charge is 2.28. The molecule has 0 spiro atoms. The van der Waals surface area contributed by atoms with Crippen molar-refractivity contribution in [2.24, 2.45) is 5.73 Å². The number of hydrogen-bond donors (Lipinski definition) is 1. The molecule has 0 bridgehead atoms. The molecule has 1 aliphatic rings. The maximum Gasteiger partial charge on any atom is 0.304 e. The van der Waals surface area contributed by atoms with Gasteiger partial charge in [0.1, 0.15) is 0 Å². The number of nitro groups is 1. The Morgan fingerprint density at radius 3 is 2.56 bits per heavy atom. The van der Waals surface area contributed by atoms with E-state index in [1.54, 1.807) is 6.07 Å². The molecule has 2 rings (SSSR count). The van der Waals surface area contributed by atoms with Gasteiger partial charge in [-0.1, -0.05) is 25.3 Å². The molecule has 18 heavy (non-hydrogen) atoms. The second kappa shape index (κ2) is 5.02. The fourth-order valence-corrected chi connectivity index (χ4v) is 2.65. The quantitative estimate of drug-likeness (QED) is 0.664. The number of nitro benzene ring substituents is 1. The van der Waals surface area contributed by atoms with Gasteiger partial charge in [0.2, 0.25) is 5.82 Å². The lowest BCUT2D eigenvalue weighted by atomic mass is 9.78. The Balaban J connectivity index is 2.14. The summed E-state index contributed by atoms with van der Waals surface area (Å²) in [5.74, 6) is -0.781. The van der Waals surface area contributed by atoms with Gasteiger partial charge in [-0.15, -0.1) is 0 Å². The van der Waals surface area contributed by atoms with Crippen molar-refractivity contribution in [1.29, 1.82) is 0 Å². The van der Waals surface area contributed by atoms with Crippen molar-refractivity contribution in [3.63, 3.8) is 0 Å². The summed E-state index contributed by atoms with van der Waals surface area (Å²) in [6.07, 6.45) is 5.87. The van der Waals surface area contributed by atoms with Gasteiger partial charge in [-0.2, -0.15) is 4.39 Å². The first-order valence-corrected chi connectivity index (χ1v) is 6.22.